The highest BCUT2D eigenvalue weighted by atomic mass is 16.2. The average Bonchev–Trinajstić information content (AvgIpc) is 3.02. The molecule has 0 saturated carbocycles. The number of aromatic nitrogens is 1. The molecular formula is C19H30N4O2. The molecule has 0 atom stereocenters. The molecule has 3 heterocycles. The highest BCUT2D eigenvalue weighted by Crippen LogP contribution is 2.34. The number of carbonyl (C=O) groups excluding carboxylic acids is 2. The number of nitrogens with zero attached hydrogens (tertiary/aromatic N) is 4. The van der Waals surface area contributed by atoms with Crippen LogP contribution in [-0.2, 0) is 11.8 Å². The third kappa shape index (κ3) is 3.67. The number of piperidine rings is 2. The van der Waals surface area contributed by atoms with Crippen molar-refractivity contribution in [2.45, 2.75) is 25.7 Å². The van der Waals surface area contributed by atoms with Crippen LogP contribution in [0.2, 0.25) is 0 Å². The van der Waals surface area contributed by atoms with Crippen molar-refractivity contribution in [1.82, 2.24) is 14.4 Å². The topological polar surface area (TPSA) is 48.8 Å². The molecule has 6 heteroatoms. The number of amides is 2. The van der Waals surface area contributed by atoms with Crippen LogP contribution in [0.25, 0.3) is 0 Å². The van der Waals surface area contributed by atoms with Gasteiger partial charge in [0, 0.05) is 47.3 Å². The first-order valence-corrected chi connectivity index (χ1v) is 9.33. The number of carbonyl (C=O) groups is 2. The van der Waals surface area contributed by atoms with E-state index in [2.05, 4.69) is 11.0 Å². The second kappa shape index (κ2) is 7.50. The summed E-state index contributed by atoms with van der Waals surface area (Å²) in [5, 5.41) is 0. The van der Waals surface area contributed by atoms with Crippen molar-refractivity contribution in [2.75, 3.05) is 45.2 Å². The van der Waals surface area contributed by atoms with E-state index in [-0.39, 0.29) is 5.91 Å². The molecule has 3 rings (SSSR count). The first kappa shape index (κ1) is 17.8. The van der Waals surface area contributed by atoms with Crippen molar-refractivity contribution in [3.63, 3.8) is 0 Å². The monoisotopic (exact) mass is 346 g/mol. The number of hydrogen-bond acceptors (Lipinski definition) is 3. The predicted octanol–water partition coefficient (Wildman–Crippen LogP) is 1.81. The molecule has 6 nitrogen and oxygen atoms in total. The van der Waals surface area contributed by atoms with Gasteiger partial charge in [0.05, 0.1) is 0 Å². The molecule has 2 fully saturated rings. The second-order valence-corrected chi connectivity index (χ2v) is 7.64. The molecule has 0 aliphatic carbocycles. The van der Waals surface area contributed by atoms with Gasteiger partial charge in [0.2, 0.25) is 6.41 Å². The molecule has 1 aromatic rings. The van der Waals surface area contributed by atoms with Gasteiger partial charge in [-0.15, -0.1) is 0 Å². The Morgan fingerprint density at radius 3 is 2.12 bits per heavy atom. The normalized spacial score (nSPS) is 20.0. The van der Waals surface area contributed by atoms with Gasteiger partial charge < -0.3 is 19.3 Å². The maximum Gasteiger partial charge on any atom is 0.270 e. The van der Waals surface area contributed by atoms with Gasteiger partial charge in [0.25, 0.3) is 5.91 Å². The zero-order valence-electron chi connectivity index (χ0n) is 15.6. The van der Waals surface area contributed by atoms with Crippen LogP contribution in [0.3, 0.4) is 0 Å². The summed E-state index contributed by atoms with van der Waals surface area (Å²) in [6.07, 6.45) is 5.69. The van der Waals surface area contributed by atoms with Gasteiger partial charge in [0.15, 0.2) is 0 Å². The summed E-state index contributed by atoms with van der Waals surface area (Å²) in [6, 6.07) is 4.00. The molecule has 1 aromatic heterocycles. The molecular weight excluding hydrogens is 316 g/mol. The smallest absolute Gasteiger partial charge is 0.270 e. The Hall–Kier alpha value is -1.98. The largest absolute Gasteiger partial charge is 0.358 e. The van der Waals surface area contributed by atoms with Gasteiger partial charge in [-0.2, -0.15) is 0 Å². The van der Waals surface area contributed by atoms with E-state index in [1.165, 1.54) is 12.8 Å². The van der Waals surface area contributed by atoms with E-state index >= 15 is 0 Å². The Kier molecular flexibility index (Phi) is 5.35. The molecule has 0 unspecified atom stereocenters. The lowest BCUT2D eigenvalue weighted by atomic mass is 9.79. The van der Waals surface area contributed by atoms with Crippen molar-refractivity contribution in [2.24, 2.45) is 18.9 Å². The lowest BCUT2D eigenvalue weighted by Gasteiger charge is -2.40. The minimum Gasteiger partial charge on any atom is -0.358 e. The van der Waals surface area contributed by atoms with Crippen LogP contribution in [0.1, 0.15) is 36.2 Å². The molecule has 0 N–H and O–H groups in total. The van der Waals surface area contributed by atoms with Gasteiger partial charge >= 0.3 is 0 Å². The molecule has 2 aliphatic heterocycles. The van der Waals surface area contributed by atoms with Crippen molar-refractivity contribution in [3.05, 3.63) is 17.8 Å². The molecule has 2 saturated heterocycles. The standard InChI is InChI=1S/C19H30N4O2/c1-20(2)19(25)17-4-5-18(21(17)3)23-12-8-16(9-13-23)15-6-10-22(14-24)11-7-15/h4-5,14-16H,6-13H2,1-3H3. The Morgan fingerprint density at radius 2 is 1.60 bits per heavy atom. The molecule has 0 bridgehead atoms. The Balaban J connectivity index is 1.58. The molecule has 0 spiro atoms. The fraction of sp³-hybridized carbons (Fsp3) is 0.684. The Bertz CT molecular complexity index is 609. The molecule has 138 valence electrons. The second-order valence-electron chi connectivity index (χ2n) is 7.64. The lowest BCUT2D eigenvalue weighted by molar-refractivity contribution is -0.119. The van der Waals surface area contributed by atoms with E-state index in [1.54, 1.807) is 19.0 Å². The number of hydrogen-bond donors (Lipinski definition) is 0. The first-order valence-electron chi connectivity index (χ1n) is 9.33. The zero-order chi connectivity index (χ0) is 18.0. The Labute approximate surface area is 150 Å². The highest BCUT2D eigenvalue weighted by molar-refractivity contribution is 5.93. The summed E-state index contributed by atoms with van der Waals surface area (Å²) in [5.74, 6) is 2.72. The predicted molar refractivity (Wildman–Crippen MR) is 98.7 cm³/mol. The van der Waals surface area contributed by atoms with Crippen LogP contribution in [0.15, 0.2) is 12.1 Å². The van der Waals surface area contributed by atoms with E-state index < -0.39 is 0 Å². The SMILES string of the molecule is CN(C)C(=O)c1ccc(N2CCC(C3CCN(C=O)CC3)CC2)n1C. The molecule has 0 aromatic carbocycles. The number of likely N-dealkylation sites (tertiary alicyclic amines) is 1. The quantitative estimate of drug-likeness (QED) is 0.781. The highest BCUT2D eigenvalue weighted by Gasteiger charge is 2.30. The van der Waals surface area contributed by atoms with Crippen molar-refractivity contribution in [1.29, 1.82) is 0 Å². The van der Waals surface area contributed by atoms with E-state index in [0.717, 1.165) is 68.8 Å². The summed E-state index contributed by atoms with van der Waals surface area (Å²) in [5.41, 5.74) is 0.739. The van der Waals surface area contributed by atoms with Gasteiger partial charge in [-0.1, -0.05) is 0 Å². The van der Waals surface area contributed by atoms with Gasteiger partial charge in [-0.3, -0.25) is 9.59 Å². The fourth-order valence-electron chi connectivity index (χ4n) is 4.36. The summed E-state index contributed by atoms with van der Waals surface area (Å²) in [7, 11) is 5.56. The van der Waals surface area contributed by atoms with Crippen LogP contribution >= 0.6 is 0 Å². The van der Waals surface area contributed by atoms with Gasteiger partial charge in [0.1, 0.15) is 11.5 Å². The van der Waals surface area contributed by atoms with Crippen molar-refractivity contribution < 1.29 is 9.59 Å². The maximum absolute atomic E-state index is 12.2. The summed E-state index contributed by atoms with van der Waals surface area (Å²) in [4.78, 5) is 29.0. The summed E-state index contributed by atoms with van der Waals surface area (Å²) in [6.45, 7) is 3.93. The van der Waals surface area contributed by atoms with Crippen LogP contribution < -0.4 is 4.90 Å². The van der Waals surface area contributed by atoms with Gasteiger partial charge in [-0.05, 0) is 49.7 Å². The molecule has 2 amide bonds. The van der Waals surface area contributed by atoms with Gasteiger partial charge in [-0.25, -0.2) is 0 Å². The van der Waals surface area contributed by atoms with Crippen molar-refractivity contribution >= 4 is 18.1 Å². The van der Waals surface area contributed by atoms with E-state index in [0.29, 0.717) is 0 Å². The Morgan fingerprint density at radius 1 is 1.04 bits per heavy atom. The number of anilines is 1. The third-order valence-electron chi connectivity index (χ3n) is 5.97. The minimum atomic E-state index is 0.0468. The van der Waals surface area contributed by atoms with Crippen molar-refractivity contribution in [3.8, 4) is 0 Å². The molecule has 0 radical (unpaired) electrons. The van der Waals surface area contributed by atoms with E-state index in [4.69, 9.17) is 0 Å². The van der Waals surface area contributed by atoms with Crippen LogP contribution in [-0.4, -0.2) is 67.0 Å². The third-order valence-corrected chi connectivity index (χ3v) is 5.97. The summed E-state index contributed by atoms with van der Waals surface area (Å²) < 4.78 is 2.02. The molecule has 25 heavy (non-hydrogen) atoms. The molecule has 2 aliphatic rings. The first-order chi connectivity index (χ1) is 12.0. The minimum absolute atomic E-state index is 0.0468. The summed E-state index contributed by atoms with van der Waals surface area (Å²) >= 11 is 0. The van der Waals surface area contributed by atoms with E-state index in [1.807, 2.05) is 22.6 Å². The zero-order valence-corrected chi connectivity index (χ0v) is 15.6. The maximum atomic E-state index is 12.2. The number of rotatable bonds is 4. The average molecular weight is 346 g/mol. The van der Waals surface area contributed by atoms with E-state index in [9.17, 15) is 9.59 Å². The van der Waals surface area contributed by atoms with Crippen LogP contribution in [0.4, 0.5) is 5.82 Å². The van der Waals surface area contributed by atoms with Crippen LogP contribution in [0.5, 0.6) is 0 Å². The van der Waals surface area contributed by atoms with Crippen LogP contribution in [0, 0.1) is 11.8 Å². The fourth-order valence-corrected chi connectivity index (χ4v) is 4.36. The lowest BCUT2D eigenvalue weighted by Crippen LogP contribution is -2.41.